The van der Waals surface area contributed by atoms with Crippen LogP contribution in [0.25, 0.3) is 11.0 Å². The van der Waals surface area contributed by atoms with Crippen molar-refractivity contribution in [2.45, 2.75) is 31.0 Å². The minimum atomic E-state index is -0.176. The zero-order chi connectivity index (χ0) is 20.9. The van der Waals surface area contributed by atoms with Gasteiger partial charge in [-0.2, -0.15) is 10.4 Å². The minimum absolute atomic E-state index is 0.176. The van der Waals surface area contributed by atoms with Crippen molar-refractivity contribution in [3.63, 3.8) is 0 Å². The van der Waals surface area contributed by atoms with Crippen molar-refractivity contribution in [1.82, 2.24) is 25.1 Å². The van der Waals surface area contributed by atoms with Crippen molar-refractivity contribution >= 4 is 34.5 Å². The number of hydrogen-bond acceptors (Lipinski definition) is 7. The van der Waals surface area contributed by atoms with E-state index in [1.807, 2.05) is 23.2 Å². The van der Waals surface area contributed by atoms with Gasteiger partial charge < -0.3 is 10.2 Å². The Hall–Kier alpha value is -3.12. The van der Waals surface area contributed by atoms with Crippen LogP contribution in [-0.4, -0.2) is 51.5 Å². The molecule has 3 heterocycles. The maximum atomic E-state index is 12.3. The third-order valence-corrected chi connectivity index (χ3v) is 5.73. The Labute approximate surface area is 179 Å². The number of aromatic nitrogens is 4. The first-order valence-corrected chi connectivity index (χ1v) is 11.2. The molecule has 30 heavy (non-hydrogen) atoms. The number of rotatable bonds is 6. The number of nitriles is 1. The van der Waals surface area contributed by atoms with Crippen LogP contribution in [0.15, 0.2) is 35.6 Å². The van der Waals surface area contributed by atoms with Gasteiger partial charge in [0.1, 0.15) is 5.82 Å². The molecule has 1 fully saturated rings. The summed E-state index contributed by atoms with van der Waals surface area (Å²) in [6.07, 6.45) is 7.41. The van der Waals surface area contributed by atoms with E-state index in [1.54, 1.807) is 24.3 Å². The predicted molar refractivity (Wildman–Crippen MR) is 117 cm³/mol. The topological polar surface area (TPSA) is 99.7 Å². The van der Waals surface area contributed by atoms with Gasteiger partial charge in [-0.25, -0.2) is 14.6 Å². The van der Waals surface area contributed by atoms with Crippen LogP contribution in [0.3, 0.4) is 0 Å². The van der Waals surface area contributed by atoms with Crippen molar-refractivity contribution < 1.29 is 4.79 Å². The summed E-state index contributed by atoms with van der Waals surface area (Å²) in [5, 5.41) is 18.0. The van der Waals surface area contributed by atoms with Crippen LogP contribution in [0.4, 0.5) is 5.82 Å². The lowest BCUT2D eigenvalue weighted by Gasteiger charge is -2.28. The van der Waals surface area contributed by atoms with Crippen molar-refractivity contribution in [2.24, 2.45) is 0 Å². The van der Waals surface area contributed by atoms with Crippen LogP contribution in [0, 0.1) is 11.3 Å². The third-order valence-electron chi connectivity index (χ3n) is 5.18. The van der Waals surface area contributed by atoms with Crippen LogP contribution in [-0.2, 0) is 6.54 Å². The highest BCUT2D eigenvalue weighted by Gasteiger charge is 2.19. The first-order chi connectivity index (χ1) is 14.7. The molecule has 0 spiro atoms. The predicted octanol–water partition coefficient (Wildman–Crippen LogP) is 2.84. The highest BCUT2D eigenvalue weighted by molar-refractivity contribution is 7.98. The molecule has 9 heteroatoms. The Morgan fingerprint density at radius 2 is 1.97 bits per heavy atom. The zero-order valence-electron chi connectivity index (χ0n) is 16.8. The average molecular weight is 422 g/mol. The molecule has 0 atom stereocenters. The average Bonchev–Trinajstić information content (AvgIpc) is 3.21. The molecule has 1 amide bonds. The summed E-state index contributed by atoms with van der Waals surface area (Å²) in [4.78, 5) is 24.1. The second-order valence-corrected chi connectivity index (χ2v) is 7.91. The summed E-state index contributed by atoms with van der Waals surface area (Å²) in [6, 6.07) is 8.63. The highest BCUT2D eigenvalue weighted by atomic mass is 32.2. The SMILES string of the molecule is CSc1nc(N2CCCCC2)c2cnn(CCNC(=O)c3ccc(C#N)cc3)c2n1. The molecular weight excluding hydrogens is 398 g/mol. The number of carbonyl (C=O) groups excluding carboxylic acids is 1. The molecule has 1 aromatic carbocycles. The number of amides is 1. The Kier molecular flexibility index (Phi) is 6.14. The number of nitrogens with one attached hydrogen (secondary N) is 1. The molecule has 0 saturated carbocycles. The maximum absolute atomic E-state index is 12.3. The molecule has 3 aromatic rings. The lowest BCUT2D eigenvalue weighted by atomic mass is 10.1. The van der Waals surface area contributed by atoms with Gasteiger partial charge in [0.05, 0.1) is 29.8 Å². The van der Waals surface area contributed by atoms with Crippen LogP contribution in [0.5, 0.6) is 0 Å². The van der Waals surface area contributed by atoms with Gasteiger partial charge in [0, 0.05) is 25.2 Å². The molecule has 0 aliphatic carbocycles. The lowest BCUT2D eigenvalue weighted by molar-refractivity contribution is 0.0952. The molecule has 1 N–H and O–H groups in total. The van der Waals surface area contributed by atoms with Gasteiger partial charge in [0.15, 0.2) is 10.8 Å². The van der Waals surface area contributed by atoms with Gasteiger partial charge in [-0.15, -0.1) is 0 Å². The molecule has 1 saturated heterocycles. The number of fused-ring (bicyclic) bond motifs is 1. The molecular formula is C21H23N7OS. The lowest BCUT2D eigenvalue weighted by Crippen LogP contribution is -2.30. The monoisotopic (exact) mass is 421 g/mol. The molecule has 1 aliphatic heterocycles. The first kappa shape index (κ1) is 20.2. The van der Waals surface area contributed by atoms with Crippen molar-refractivity contribution in [2.75, 3.05) is 30.8 Å². The van der Waals surface area contributed by atoms with Gasteiger partial charge in [0.25, 0.3) is 5.91 Å². The Bertz CT molecular complexity index is 1080. The number of piperidine rings is 1. The summed E-state index contributed by atoms with van der Waals surface area (Å²) in [5.41, 5.74) is 1.85. The number of hydrogen-bond donors (Lipinski definition) is 1. The highest BCUT2D eigenvalue weighted by Crippen LogP contribution is 2.28. The summed E-state index contributed by atoms with van der Waals surface area (Å²) < 4.78 is 1.82. The number of thioether (sulfide) groups is 1. The van der Waals surface area contributed by atoms with Crippen LogP contribution in [0.1, 0.15) is 35.2 Å². The summed E-state index contributed by atoms with van der Waals surface area (Å²) in [6.45, 7) is 2.95. The van der Waals surface area contributed by atoms with Crippen LogP contribution in [0.2, 0.25) is 0 Å². The van der Waals surface area contributed by atoms with E-state index in [0.717, 1.165) is 35.1 Å². The van der Waals surface area contributed by atoms with Gasteiger partial charge in [0.2, 0.25) is 0 Å². The number of anilines is 1. The molecule has 0 bridgehead atoms. The van der Waals surface area contributed by atoms with Gasteiger partial charge >= 0.3 is 0 Å². The van der Waals surface area contributed by atoms with Gasteiger partial charge in [-0.3, -0.25) is 4.79 Å². The standard InChI is InChI=1S/C21H23N7OS/c1-30-21-25-18(27-10-3-2-4-11-27)17-14-24-28(19(17)26-21)12-9-23-20(29)16-7-5-15(13-22)6-8-16/h5-8,14H,2-4,9-12H2,1H3,(H,23,29). The Morgan fingerprint density at radius 1 is 1.20 bits per heavy atom. The van der Waals surface area contributed by atoms with E-state index in [0.29, 0.717) is 24.2 Å². The van der Waals surface area contributed by atoms with E-state index in [2.05, 4.69) is 20.3 Å². The molecule has 0 radical (unpaired) electrons. The zero-order valence-corrected chi connectivity index (χ0v) is 17.7. The van der Waals surface area contributed by atoms with Crippen molar-refractivity contribution in [3.05, 3.63) is 41.6 Å². The van der Waals surface area contributed by atoms with E-state index >= 15 is 0 Å². The van der Waals surface area contributed by atoms with Gasteiger partial charge in [-0.05, 0) is 49.8 Å². The second-order valence-electron chi connectivity index (χ2n) is 7.13. The van der Waals surface area contributed by atoms with E-state index in [9.17, 15) is 4.79 Å². The molecule has 1 aliphatic rings. The van der Waals surface area contributed by atoms with E-state index in [4.69, 9.17) is 10.2 Å². The summed E-state index contributed by atoms with van der Waals surface area (Å²) in [5.74, 6) is 0.779. The fourth-order valence-electron chi connectivity index (χ4n) is 3.60. The molecule has 8 nitrogen and oxygen atoms in total. The largest absolute Gasteiger partial charge is 0.356 e. The normalized spacial score (nSPS) is 13.9. The summed E-state index contributed by atoms with van der Waals surface area (Å²) in [7, 11) is 0. The van der Waals surface area contributed by atoms with Gasteiger partial charge in [-0.1, -0.05) is 11.8 Å². The quantitative estimate of drug-likeness (QED) is 0.482. The van der Waals surface area contributed by atoms with E-state index in [1.165, 1.54) is 31.0 Å². The molecule has 4 rings (SSSR count). The minimum Gasteiger partial charge on any atom is -0.356 e. The third kappa shape index (κ3) is 4.24. The van der Waals surface area contributed by atoms with E-state index < -0.39 is 0 Å². The number of nitrogens with zero attached hydrogens (tertiary/aromatic N) is 6. The molecule has 2 aromatic heterocycles. The second kappa shape index (κ2) is 9.13. The number of benzene rings is 1. The van der Waals surface area contributed by atoms with Crippen molar-refractivity contribution in [1.29, 1.82) is 5.26 Å². The molecule has 154 valence electrons. The van der Waals surface area contributed by atoms with Crippen molar-refractivity contribution in [3.8, 4) is 6.07 Å². The fraction of sp³-hybridized carbons (Fsp3) is 0.381. The molecule has 0 unspecified atom stereocenters. The van der Waals surface area contributed by atoms with Crippen LogP contribution < -0.4 is 10.2 Å². The first-order valence-electron chi connectivity index (χ1n) is 10.0. The fourth-order valence-corrected chi connectivity index (χ4v) is 3.95. The van der Waals surface area contributed by atoms with E-state index in [-0.39, 0.29) is 5.91 Å². The Morgan fingerprint density at radius 3 is 2.67 bits per heavy atom. The Balaban J connectivity index is 1.49. The smallest absolute Gasteiger partial charge is 0.251 e. The summed E-state index contributed by atoms with van der Waals surface area (Å²) >= 11 is 1.52. The number of carbonyl (C=O) groups is 1. The maximum Gasteiger partial charge on any atom is 0.251 e. The van der Waals surface area contributed by atoms with Crippen LogP contribution >= 0.6 is 11.8 Å².